The summed E-state index contributed by atoms with van der Waals surface area (Å²) in [6, 6.07) is 7.84. The molecule has 1 unspecified atom stereocenters. The van der Waals surface area contributed by atoms with Crippen molar-refractivity contribution < 1.29 is 9.21 Å². The third kappa shape index (κ3) is 2.91. The fraction of sp³-hybridized carbons (Fsp3) is 0.333. The van der Waals surface area contributed by atoms with Crippen LogP contribution in [-0.2, 0) is 11.3 Å². The Bertz CT molecular complexity index is 712. The Morgan fingerprint density at radius 3 is 2.68 bits per heavy atom. The Hall–Kier alpha value is -1.73. The van der Waals surface area contributed by atoms with Gasteiger partial charge in [0.2, 0.25) is 17.7 Å². The van der Waals surface area contributed by atoms with Crippen molar-refractivity contribution in [1.29, 1.82) is 0 Å². The molecule has 2 aromatic rings. The molecule has 1 aliphatic heterocycles. The number of carbonyl (C=O) groups excluding carboxylic acids is 1. The number of thiocarbonyl (C=S) groups is 1. The van der Waals surface area contributed by atoms with Gasteiger partial charge in [-0.25, -0.2) is 0 Å². The van der Waals surface area contributed by atoms with Crippen LogP contribution in [0.5, 0.6) is 0 Å². The summed E-state index contributed by atoms with van der Waals surface area (Å²) in [5, 5.41) is 7.97. The maximum Gasteiger partial charge on any atom is 0.247 e. The second-order valence-electron chi connectivity index (χ2n) is 5.07. The van der Waals surface area contributed by atoms with Gasteiger partial charge in [-0.2, -0.15) is 0 Å². The number of hydrogen-bond donors (Lipinski definition) is 0. The first kappa shape index (κ1) is 15.2. The molecule has 0 aliphatic carbocycles. The van der Waals surface area contributed by atoms with Gasteiger partial charge in [0.25, 0.3) is 0 Å². The molecule has 0 radical (unpaired) electrons. The van der Waals surface area contributed by atoms with Crippen molar-refractivity contribution in [1.82, 2.24) is 15.1 Å². The fourth-order valence-corrected chi connectivity index (χ4v) is 3.59. The first-order valence-electron chi connectivity index (χ1n) is 7.00. The van der Waals surface area contributed by atoms with Crippen LogP contribution in [0.15, 0.2) is 28.7 Å². The molecule has 22 heavy (non-hydrogen) atoms. The van der Waals surface area contributed by atoms with Crippen molar-refractivity contribution in [2.45, 2.75) is 32.1 Å². The van der Waals surface area contributed by atoms with E-state index in [4.69, 9.17) is 16.6 Å². The number of rotatable bonds is 4. The van der Waals surface area contributed by atoms with Gasteiger partial charge in [0.15, 0.2) is 0 Å². The van der Waals surface area contributed by atoms with E-state index < -0.39 is 0 Å². The van der Waals surface area contributed by atoms with Crippen LogP contribution >= 0.6 is 24.0 Å². The van der Waals surface area contributed by atoms with Crippen molar-refractivity contribution in [2.75, 3.05) is 0 Å². The van der Waals surface area contributed by atoms with Crippen LogP contribution in [0.2, 0.25) is 0 Å². The Balaban J connectivity index is 1.76. The van der Waals surface area contributed by atoms with Gasteiger partial charge >= 0.3 is 0 Å². The molecule has 3 rings (SSSR count). The van der Waals surface area contributed by atoms with E-state index in [0.717, 1.165) is 12.0 Å². The molecule has 1 saturated heterocycles. The summed E-state index contributed by atoms with van der Waals surface area (Å²) in [5.41, 5.74) is 2.03. The standard InChI is InChI=1S/C15H15N3O2S2/c1-3-11-14(19)18(15(21)22-11)8-12-16-17-13(20-12)10-6-4-9(2)5-7-10/h4-7,11H,3,8H2,1-2H3. The molecule has 0 N–H and O–H groups in total. The van der Waals surface area contributed by atoms with Crippen LogP contribution in [0.3, 0.4) is 0 Å². The molecule has 1 amide bonds. The van der Waals surface area contributed by atoms with Crippen molar-refractivity contribution in [3.05, 3.63) is 35.7 Å². The first-order valence-corrected chi connectivity index (χ1v) is 8.28. The molecular weight excluding hydrogens is 318 g/mol. The molecule has 114 valence electrons. The van der Waals surface area contributed by atoms with Crippen LogP contribution in [-0.4, -0.2) is 30.6 Å². The van der Waals surface area contributed by atoms with Crippen LogP contribution < -0.4 is 0 Å². The predicted molar refractivity (Wildman–Crippen MR) is 89.3 cm³/mol. The zero-order valence-corrected chi connectivity index (χ0v) is 13.9. The van der Waals surface area contributed by atoms with Gasteiger partial charge < -0.3 is 4.42 Å². The topological polar surface area (TPSA) is 59.2 Å². The summed E-state index contributed by atoms with van der Waals surface area (Å²) in [5.74, 6) is 0.864. The number of amides is 1. The van der Waals surface area contributed by atoms with Crippen molar-refractivity contribution >= 4 is 34.2 Å². The normalized spacial score (nSPS) is 18.3. The predicted octanol–water partition coefficient (Wildman–Crippen LogP) is 3.18. The summed E-state index contributed by atoms with van der Waals surface area (Å²) in [7, 11) is 0. The Morgan fingerprint density at radius 2 is 2.05 bits per heavy atom. The molecule has 0 saturated carbocycles. The molecule has 0 bridgehead atoms. The zero-order chi connectivity index (χ0) is 15.7. The molecule has 0 spiro atoms. The monoisotopic (exact) mass is 333 g/mol. The van der Waals surface area contributed by atoms with Crippen molar-refractivity contribution in [2.24, 2.45) is 0 Å². The van der Waals surface area contributed by atoms with E-state index in [0.29, 0.717) is 16.1 Å². The second kappa shape index (κ2) is 6.18. The minimum atomic E-state index is -0.0907. The Morgan fingerprint density at radius 1 is 1.32 bits per heavy atom. The molecule has 7 heteroatoms. The lowest BCUT2D eigenvalue weighted by Gasteiger charge is -2.12. The summed E-state index contributed by atoms with van der Waals surface area (Å²) < 4.78 is 6.23. The summed E-state index contributed by atoms with van der Waals surface area (Å²) >= 11 is 6.68. The lowest BCUT2D eigenvalue weighted by atomic mass is 10.1. The summed E-state index contributed by atoms with van der Waals surface area (Å²) in [6.45, 7) is 4.23. The van der Waals surface area contributed by atoms with E-state index in [-0.39, 0.29) is 17.7 Å². The number of nitrogens with zero attached hydrogens (tertiary/aromatic N) is 3. The molecule has 5 nitrogen and oxygen atoms in total. The summed E-state index contributed by atoms with van der Waals surface area (Å²) in [4.78, 5) is 13.7. The molecule has 2 heterocycles. The molecule has 1 aromatic heterocycles. The number of aryl methyl sites for hydroxylation is 1. The summed E-state index contributed by atoms with van der Waals surface area (Å²) in [6.07, 6.45) is 0.762. The largest absolute Gasteiger partial charge is 0.419 e. The fourth-order valence-electron chi connectivity index (χ4n) is 2.17. The van der Waals surface area contributed by atoms with Gasteiger partial charge in [0.1, 0.15) is 10.9 Å². The van der Waals surface area contributed by atoms with Crippen molar-refractivity contribution in [3.8, 4) is 11.5 Å². The number of hydrogen-bond acceptors (Lipinski definition) is 6. The smallest absolute Gasteiger partial charge is 0.247 e. The average molecular weight is 333 g/mol. The van der Waals surface area contributed by atoms with Gasteiger partial charge in [-0.15, -0.1) is 10.2 Å². The highest BCUT2D eigenvalue weighted by atomic mass is 32.2. The molecule has 1 fully saturated rings. The third-order valence-corrected chi connectivity index (χ3v) is 5.19. The van der Waals surface area contributed by atoms with Crippen LogP contribution in [0, 0.1) is 6.92 Å². The second-order valence-corrected chi connectivity index (χ2v) is 6.91. The average Bonchev–Trinajstić information content (AvgIpc) is 3.08. The van der Waals surface area contributed by atoms with Gasteiger partial charge in [-0.05, 0) is 25.5 Å². The maximum absolute atomic E-state index is 12.2. The Labute approximate surface area is 138 Å². The lowest BCUT2D eigenvalue weighted by Crippen LogP contribution is -2.30. The molecule has 1 aliphatic rings. The van der Waals surface area contributed by atoms with E-state index in [1.807, 2.05) is 38.1 Å². The van der Waals surface area contributed by atoms with Gasteiger partial charge in [-0.1, -0.05) is 48.6 Å². The van der Waals surface area contributed by atoms with Crippen LogP contribution in [0.25, 0.3) is 11.5 Å². The van der Waals surface area contributed by atoms with E-state index in [1.165, 1.54) is 17.3 Å². The molecule has 1 atom stereocenters. The number of carbonyl (C=O) groups is 1. The van der Waals surface area contributed by atoms with E-state index in [1.54, 1.807) is 4.90 Å². The van der Waals surface area contributed by atoms with Gasteiger partial charge in [0.05, 0.1) is 5.25 Å². The number of thioether (sulfide) groups is 1. The molecule has 1 aromatic carbocycles. The highest BCUT2D eigenvalue weighted by Crippen LogP contribution is 2.30. The SMILES string of the molecule is CCC1SC(=S)N(Cc2nnc(-c3ccc(C)cc3)o2)C1=O. The Kier molecular flexibility index (Phi) is 4.26. The highest BCUT2D eigenvalue weighted by Gasteiger charge is 2.36. The van der Waals surface area contributed by atoms with E-state index >= 15 is 0 Å². The lowest BCUT2D eigenvalue weighted by molar-refractivity contribution is -0.126. The van der Waals surface area contributed by atoms with Crippen molar-refractivity contribution in [3.63, 3.8) is 0 Å². The van der Waals surface area contributed by atoms with Gasteiger partial charge in [0, 0.05) is 5.56 Å². The zero-order valence-electron chi connectivity index (χ0n) is 12.3. The molecular formula is C15H15N3O2S2. The number of aromatic nitrogens is 2. The highest BCUT2D eigenvalue weighted by molar-refractivity contribution is 8.24. The van der Waals surface area contributed by atoms with Gasteiger partial charge in [-0.3, -0.25) is 9.69 Å². The third-order valence-electron chi connectivity index (χ3n) is 3.43. The maximum atomic E-state index is 12.2. The number of benzene rings is 1. The van der Waals surface area contributed by atoms with E-state index in [9.17, 15) is 4.79 Å². The quantitative estimate of drug-likeness (QED) is 0.801. The van der Waals surface area contributed by atoms with E-state index in [2.05, 4.69) is 10.2 Å². The minimum absolute atomic E-state index is 0.0209. The van der Waals surface area contributed by atoms with Crippen LogP contribution in [0.4, 0.5) is 0 Å². The minimum Gasteiger partial charge on any atom is -0.419 e. The van der Waals surface area contributed by atoms with Crippen LogP contribution in [0.1, 0.15) is 24.8 Å². The first-order chi connectivity index (χ1) is 10.6.